The molecular weight excluding hydrogens is 312 g/mol. The van der Waals surface area contributed by atoms with Crippen LogP contribution in [0.2, 0.25) is 0 Å². The number of sulfonamides is 1. The molecule has 1 aromatic rings. The van der Waals surface area contributed by atoms with Gasteiger partial charge in [0.1, 0.15) is 4.90 Å². The molecule has 120 valence electrons. The first-order valence-electron chi connectivity index (χ1n) is 7.07. The molecule has 3 rings (SSSR count). The van der Waals surface area contributed by atoms with Gasteiger partial charge in [0.05, 0.1) is 11.4 Å². The summed E-state index contributed by atoms with van der Waals surface area (Å²) in [6.45, 7) is 6.77. The zero-order valence-electron chi connectivity index (χ0n) is 12.7. The predicted molar refractivity (Wildman–Crippen MR) is 83.2 cm³/mol. The number of nitrogens with zero attached hydrogens (tertiary/aromatic N) is 3. The standard InChI is InChI=1S/C13H22N4O2S.ClH/c1-10-12(11(2)16(3)15-10)20(18,19)17-7-5-13(9-17)4-6-14-8-13;/h14H,4-9H2,1-3H3;1H. The van der Waals surface area contributed by atoms with Gasteiger partial charge in [-0.15, -0.1) is 12.4 Å². The molecular formula is C13H23ClN4O2S. The molecule has 2 saturated heterocycles. The Labute approximate surface area is 132 Å². The molecule has 6 nitrogen and oxygen atoms in total. The monoisotopic (exact) mass is 334 g/mol. The van der Waals surface area contributed by atoms with Crippen LogP contribution in [-0.4, -0.2) is 48.7 Å². The lowest BCUT2D eigenvalue weighted by Crippen LogP contribution is -2.33. The average molecular weight is 335 g/mol. The third-order valence-electron chi connectivity index (χ3n) is 4.78. The Morgan fingerprint density at radius 3 is 2.52 bits per heavy atom. The van der Waals surface area contributed by atoms with E-state index < -0.39 is 10.0 Å². The van der Waals surface area contributed by atoms with Crippen molar-refractivity contribution in [2.75, 3.05) is 26.2 Å². The molecule has 8 heteroatoms. The highest BCUT2D eigenvalue weighted by Gasteiger charge is 2.45. The molecule has 1 N–H and O–H groups in total. The molecule has 0 saturated carbocycles. The second-order valence-corrected chi connectivity index (χ2v) is 8.01. The van der Waals surface area contributed by atoms with Gasteiger partial charge in [-0.25, -0.2) is 8.42 Å². The van der Waals surface area contributed by atoms with E-state index in [-0.39, 0.29) is 17.8 Å². The normalized spacial score (nSPS) is 26.4. The number of aromatic nitrogens is 2. The maximum atomic E-state index is 12.9. The highest BCUT2D eigenvalue weighted by atomic mass is 35.5. The molecule has 1 atom stereocenters. The number of aryl methyl sites for hydroxylation is 2. The first-order valence-corrected chi connectivity index (χ1v) is 8.51. The summed E-state index contributed by atoms with van der Waals surface area (Å²) in [6.07, 6.45) is 2.03. The highest BCUT2D eigenvalue weighted by Crippen LogP contribution is 2.39. The average Bonchev–Trinajstić information content (AvgIpc) is 3.05. The van der Waals surface area contributed by atoms with Crippen LogP contribution < -0.4 is 5.32 Å². The van der Waals surface area contributed by atoms with Crippen molar-refractivity contribution in [1.29, 1.82) is 0 Å². The van der Waals surface area contributed by atoms with E-state index in [1.165, 1.54) is 0 Å². The van der Waals surface area contributed by atoms with Gasteiger partial charge in [-0.3, -0.25) is 4.68 Å². The molecule has 1 aromatic heterocycles. The smallest absolute Gasteiger partial charge is 0.246 e. The zero-order chi connectivity index (χ0) is 14.5. The maximum Gasteiger partial charge on any atom is 0.246 e. The van der Waals surface area contributed by atoms with E-state index in [4.69, 9.17) is 0 Å². The highest BCUT2D eigenvalue weighted by molar-refractivity contribution is 7.89. The Balaban J connectivity index is 0.00000161. The molecule has 2 fully saturated rings. The molecule has 0 radical (unpaired) electrons. The first kappa shape index (κ1) is 16.7. The molecule has 0 aliphatic carbocycles. The van der Waals surface area contributed by atoms with Crippen LogP contribution in [0.15, 0.2) is 4.90 Å². The summed E-state index contributed by atoms with van der Waals surface area (Å²) in [4.78, 5) is 0.392. The topological polar surface area (TPSA) is 67.2 Å². The van der Waals surface area contributed by atoms with E-state index in [1.807, 2.05) is 6.92 Å². The van der Waals surface area contributed by atoms with Gasteiger partial charge in [0, 0.05) is 26.7 Å². The fourth-order valence-electron chi connectivity index (χ4n) is 3.50. The molecule has 0 bridgehead atoms. The zero-order valence-corrected chi connectivity index (χ0v) is 14.4. The van der Waals surface area contributed by atoms with E-state index in [0.717, 1.165) is 25.9 Å². The minimum atomic E-state index is -3.42. The van der Waals surface area contributed by atoms with Crippen LogP contribution in [0.1, 0.15) is 24.2 Å². The quantitative estimate of drug-likeness (QED) is 0.870. The number of hydrogen-bond donors (Lipinski definition) is 1. The van der Waals surface area contributed by atoms with Gasteiger partial charge >= 0.3 is 0 Å². The van der Waals surface area contributed by atoms with E-state index in [2.05, 4.69) is 10.4 Å². The van der Waals surface area contributed by atoms with Gasteiger partial charge in [-0.1, -0.05) is 0 Å². The molecule has 1 unspecified atom stereocenters. The predicted octanol–water partition coefficient (Wildman–Crippen LogP) is 0.833. The van der Waals surface area contributed by atoms with Crippen molar-refractivity contribution in [3.8, 4) is 0 Å². The summed E-state index contributed by atoms with van der Waals surface area (Å²) in [5.74, 6) is 0. The van der Waals surface area contributed by atoms with E-state index in [0.29, 0.717) is 29.4 Å². The lowest BCUT2D eigenvalue weighted by molar-refractivity contribution is 0.338. The largest absolute Gasteiger partial charge is 0.316 e. The van der Waals surface area contributed by atoms with Crippen molar-refractivity contribution >= 4 is 22.4 Å². The van der Waals surface area contributed by atoms with Crippen molar-refractivity contribution < 1.29 is 8.42 Å². The first-order chi connectivity index (χ1) is 9.36. The second kappa shape index (κ2) is 5.53. The van der Waals surface area contributed by atoms with Crippen molar-refractivity contribution in [1.82, 2.24) is 19.4 Å². The van der Waals surface area contributed by atoms with Gasteiger partial charge < -0.3 is 5.32 Å². The lowest BCUT2D eigenvalue weighted by atomic mass is 9.87. The van der Waals surface area contributed by atoms with Gasteiger partial charge in [-0.2, -0.15) is 9.40 Å². The van der Waals surface area contributed by atoms with Gasteiger partial charge in [0.2, 0.25) is 10.0 Å². The molecule has 2 aliphatic rings. The fraction of sp³-hybridized carbons (Fsp3) is 0.769. The molecule has 0 amide bonds. The Bertz CT molecular complexity index is 635. The SMILES string of the molecule is Cc1nn(C)c(C)c1S(=O)(=O)N1CCC2(CCNC2)C1.Cl. The van der Waals surface area contributed by atoms with Crippen molar-refractivity contribution in [3.63, 3.8) is 0 Å². The lowest BCUT2D eigenvalue weighted by Gasteiger charge is -2.22. The number of halogens is 1. The Morgan fingerprint density at radius 1 is 1.29 bits per heavy atom. The molecule has 2 aliphatic heterocycles. The number of hydrogen-bond acceptors (Lipinski definition) is 4. The summed E-state index contributed by atoms with van der Waals surface area (Å²) >= 11 is 0. The van der Waals surface area contributed by atoms with Gasteiger partial charge in [-0.05, 0) is 38.6 Å². The van der Waals surface area contributed by atoms with Crippen LogP contribution in [0.4, 0.5) is 0 Å². The van der Waals surface area contributed by atoms with Crippen molar-refractivity contribution in [2.24, 2.45) is 12.5 Å². The minimum Gasteiger partial charge on any atom is -0.316 e. The minimum absolute atomic E-state index is 0. The molecule has 1 spiro atoms. The van der Waals surface area contributed by atoms with Gasteiger partial charge in [0.25, 0.3) is 0 Å². The summed E-state index contributed by atoms with van der Waals surface area (Å²) in [5, 5.41) is 7.59. The van der Waals surface area contributed by atoms with Crippen molar-refractivity contribution in [3.05, 3.63) is 11.4 Å². The summed E-state index contributed by atoms with van der Waals surface area (Å²) < 4.78 is 29.1. The summed E-state index contributed by atoms with van der Waals surface area (Å²) in [5.41, 5.74) is 1.46. The van der Waals surface area contributed by atoms with Crippen LogP contribution in [-0.2, 0) is 17.1 Å². The molecule has 0 aromatic carbocycles. The van der Waals surface area contributed by atoms with Crippen LogP contribution in [0.3, 0.4) is 0 Å². The molecule has 21 heavy (non-hydrogen) atoms. The van der Waals surface area contributed by atoms with Crippen LogP contribution in [0.5, 0.6) is 0 Å². The van der Waals surface area contributed by atoms with Crippen LogP contribution in [0.25, 0.3) is 0 Å². The van der Waals surface area contributed by atoms with Gasteiger partial charge in [0.15, 0.2) is 0 Å². The number of nitrogens with one attached hydrogen (secondary N) is 1. The second-order valence-electron chi connectivity index (χ2n) is 6.14. The van der Waals surface area contributed by atoms with Crippen LogP contribution in [0, 0.1) is 19.3 Å². The summed E-state index contributed by atoms with van der Waals surface area (Å²) in [7, 11) is -1.64. The van der Waals surface area contributed by atoms with Crippen LogP contribution >= 0.6 is 12.4 Å². The van der Waals surface area contributed by atoms with Crippen molar-refractivity contribution in [2.45, 2.75) is 31.6 Å². The van der Waals surface area contributed by atoms with E-state index >= 15 is 0 Å². The number of rotatable bonds is 2. The summed E-state index contributed by atoms with van der Waals surface area (Å²) in [6, 6.07) is 0. The third-order valence-corrected chi connectivity index (χ3v) is 6.87. The Hall–Kier alpha value is -0.630. The maximum absolute atomic E-state index is 12.9. The fourth-order valence-corrected chi connectivity index (χ4v) is 5.45. The molecule has 3 heterocycles. The van der Waals surface area contributed by atoms with E-state index in [1.54, 1.807) is 23.0 Å². The van der Waals surface area contributed by atoms with E-state index in [9.17, 15) is 8.42 Å². The Kier molecular flexibility index (Phi) is 4.41. The Morgan fingerprint density at radius 2 is 2.00 bits per heavy atom. The third kappa shape index (κ3) is 2.60.